The zero-order valence-electron chi connectivity index (χ0n) is 14.2. The molecule has 2 atom stereocenters. The first-order chi connectivity index (χ1) is 11.0. The summed E-state index contributed by atoms with van der Waals surface area (Å²) in [5.41, 5.74) is 3.28. The van der Waals surface area contributed by atoms with Crippen LogP contribution >= 0.6 is 0 Å². The maximum absolute atomic E-state index is 12.8. The van der Waals surface area contributed by atoms with Crippen LogP contribution in [0.2, 0.25) is 0 Å². The molecule has 23 heavy (non-hydrogen) atoms. The lowest BCUT2D eigenvalue weighted by Gasteiger charge is -2.19. The summed E-state index contributed by atoms with van der Waals surface area (Å²) in [4.78, 5) is 19.5. The molecule has 1 saturated heterocycles. The van der Waals surface area contributed by atoms with E-state index in [0.717, 1.165) is 30.0 Å². The third-order valence-electron chi connectivity index (χ3n) is 4.32. The standard InChI is InChI=1S/C17H24N4O2/c1-5-23-14-10-20(4)9-13(14)19-17(22)16-12(3)18-15-8-11(2)6-7-21(15)16/h6-8,13-14H,5,9-10H2,1-4H3,(H,19,22)/t13-,14-/m0/s1. The van der Waals surface area contributed by atoms with Crippen LogP contribution in [0.1, 0.15) is 28.7 Å². The van der Waals surface area contributed by atoms with E-state index in [1.807, 2.05) is 50.5 Å². The number of nitrogens with zero attached hydrogens (tertiary/aromatic N) is 3. The number of pyridine rings is 1. The highest BCUT2D eigenvalue weighted by atomic mass is 16.5. The van der Waals surface area contributed by atoms with Crippen LogP contribution in [0.4, 0.5) is 0 Å². The summed E-state index contributed by atoms with van der Waals surface area (Å²) in [7, 11) is 2.04. The minimum absolute atomic E-state index is 0.00264. The quantitative estimate of drug-likeness (QED) is 0.926. The summed E-state index contributed by atoms with van der Waals surface area (Å²) in [6.07, 6.45) is 1.94. The van der Waals surface area contributed by atoms with Crippen molar-refractivity contribution in [3.63, 3.8) is 0 Å². The number of carbonyl (C=O) groups excluding carboxylic acids is 1. The molecule has 6 heteroatoms. The number of rotatable bonds is 4. The van der Waals surface area contributed by atoms with E-state index in [2.05, 4.69) is 15.2 Å². The topological polar surface area (TPSA) is 58.9 Å². The second-order valence-electron chi connectivity index (χ2n) is 6.27. The third kappa shape index (κ3) is 3.09. The SMILES string of the molecule is CCO[C@H]1CN(C)C[C@@H]1NC(=O)c1c(C)nc2cc(C)ccn12. The normalized spacial score (nSPS) is 21.9. The number of likely N-dealkylation sites (N-methyl/N-ethyl adjacent to an activating group) is 1. The Bertz CT molecular complexity index is 725. The molecule has 0 radical (unpaired) electrons. The minimum Gasteiger partial charge on any atom is -0.375 e. The fourth-order valence-electron chi connectivity index (χ4n) is 3.26. The van der Waals surface area contributed by atoms with E-state index in [9.17, 15) is 4.79 Å². The van der Waals surface area contributed by atoms with Crippen molar-refractivity contribution in [3.8, 4) is 0 Å². The number of fused-ring (bicyclic) bond motifs is 1. The molecule has 0 spiro atoms. The summed E-state index contributed by atoms with van der Waals surface area (Å²) >= 11 is 0. The van der Waals surface area contributed by atoms with Crippen molar-refractivity contribution in [1.82, 2.24) is 19.6 Å². The van der Waals surface area contributed by atoms with Crippen LogP contribution in [0.15, 0.2) is 18.3 Å². The Labute approximate surface area is 136 Å². The highest BCUT2D eigenvalue weighted by molar-refractivity contribution is 5.95. The molecule has 124 valence electrons. The molecule has 0 unspecified atom stereocenters. The average Bonchev–Trinajstić information content (AvgIpc) is 2.98. The van der Waals surface area contributed by atoms with Crippen molar-refractivity contribution in [1.29, 1.82) is 0 Å². The molecule has 2 aromatic rings. The largest absolute Gasteiger partial charge is 0.375 e. The third-order valence-corrected chi connectivity index (χ3v) is 4.32. The Morgan fingerprint density at radius 1 is 1.43 bits per heavy atom. The second-order valence-corrected chi connectivity index (χ2v) is 6.27. The van der Waals surface area contributed by atoms with Gasteiger partial charge in [0.1, 0.15) is 11.3 Å². The van der Waals surface area contributed by atoms with E-state index in [1.165, 1.54) is 0 Å². The number of imidazole rings is 1. The molecule has 6 nitrogen and oxygen atoms in total. The summed E-state index contributed by atoms with van der Waals surface area (Å²) < 4.78 is 7.61. The molecule has 1 amide bonds. The van der Waals surface area contributed by atoms with E-state index in [-0.39, 0.29) is 18.1 Å². The second kappa shape index (κ2) is 6.29. The van der Waals surface area contributed by atoms with Gasteiger partial charge in [-0.25, -0.2) is 4.98 Å². The number of hydrogen-bond acceptors (Lipinski definition) is 4. The van der Waals surface area contributed by atoms with E-state index < -0.39 is 0 Å². The first kappa shape index (κ1) is 16.0. The number of nitrogens with one attached hydrogen (secondary N) is 1. The van der Waals surface area contributed by atoms with Gasteiger partial charge < -0.3 is 15.0 Å². The number of likely N-dealkylation sites (tertiary alicyclic amines) is 1. The molecule has 1 N–H and O–H groups in total. The summed E-state index contributed by atoms with van der Waals surface area (Å²) in [5, 5.41) is 3.13. The molecule has 3 rings (SSSR count). The summed E-state index contributed by atoms with van der Waals surface area (Å²) in [6.45, 7) is 8.16. The first-order valence-electron chi connectivity index (χ1n) is 8.06. The van der Waals surface area contributed by atoms with Crippen molar-refractivity contribution >= 4 is 11.6 Å². The van der Waals surface area contributed by atoms with Crippen LogP contribution < -0.4 is 5.32 Å². The van der Waals surface area contributed by atoms with Gasteiger partial charge in [-0.2, -0.15) is 0 Å². The van der Waals surface area contributed by atoms with Crippen LogP contribution in [0.5, 0.6) is 0 Å². The average molecular weight is 316 g/mol. The highest BCUT2D eigenvalue weighted by Gasteiger charge is 2.33. The molecule has 2 aromatic heterocycles. The molecular formula is C17H24N4O2. The number of carbonyl (C=O) groups is 1. The fraction of sp³-hybridized carbons (Fsp3) is 0.529. The lowest BCUT2D eigenvalue weighted by Crippen LogP contribution is -2.44. The van der Waals surface area contributed by atoms with Crippen molar-refractivity contribution < 1.29 is 9.53 Å². The van der Waals surface area contributed by atoms with Gasteiger partial charge in [0.25, 0.3) is 5.91 Å². The van der Waals surface area contributed by atoms with Gasteiger partial charge in [-0.05, 0) is 45.5 Å². The van der Waals surface area contributed by atoms with Gasteiger partial charge in [-0.1, -0.05) is 0 Å². The molecule has 3 heterocycles. The van der Waals surface area contributed by atoms with Gasteiger partial charge in [-0.15, -0.1) is 0 Å². The van der Waals surface area contributed by atoms with Gasteiger partial charge in [0, 0.05) is 25.9 Å². The predicted molar refractivity (Wildman–Crippen MR) is 88.8 cm³/mol. The van der Waals surface area contributed by atoms with Crippen LogP contribution in [0, 0.1) is 13.8 Å². The van der Waals surface area contributed by atoms with Gasteiger partial charge in [0.05, 0.1) is 17.8 Å². The Kier molecular flexibility index (Phi) is 4.37. The Morgan fingerprint density at radius 3 is 2.96 bits per heavy atom. The highest BCUT2D eigenvalue weighted by Crippen LogP contribution is 2.16. The monoisotopic (exact) mass is 316 g/mol. The maximum atomic E-state index is 12.8. The molecule has 1 aliphatic rings. The minimum atomic E-state index is -0.0937. The molecule has 1 aliphatic heterocycles. The van der Waals surface area contributed by atoms with Crippen molar-refractivity contribution in [2.24, 2.45) is 0 Å². The van der Waals surface area contributed by atoms with E-state index >= 15 is 0 Å². The zero-order valence-corrected chi connectivity index (χ0v) is 14.2. The van der Waals surface area contributed by atoms with E-state index in [4.69, 9.17) is 4.74 Å². The Morgan fingerprint density at radius 2 is 2.22 bits per heavy atom. The van der Waals surface area contributed by atoms with Crippen LogP contribution in [-0.2, 0) is 4.74 Å². The van der Waals surface area contributed by atoms with Gasteiger partial charge in [0.15, 0.2) is 0 Å². The molecule has 0 aliphatic carbocycles. The van der Waals surface area contributed by atoms with Gasteiger partial charge >= 0.3 is 0 Å². The Hall–Kier alpha value is -1.92. The Balaban J connectivity index is 1.85. The lowest BCUT2D eigenvalue weighted by atomic mass is 10.2. The smallest absolute Gasteiger partial charge is 0.270 e. The molecular weight excluding hydrogens is 292 g/mol. The van der Waals surface area contributed by atoms with Gasteiger partial charge in [-0.3, -0.25) is 9.20 Å². The van der Waals surface area contributed by atoms with Gasteiger partial charge in [0.2, 0.25) is 0 Å². The number of ether oxygens (including phenoxy) is 1. The maximum Gasteiger partial charge on any atom is 0.270 e. The van der Waals surface area contributed by atoms with E-state index in [1.54, 1.807) is 0 Å². The summed E-state index contributed by atoms with van der Waals surface area (Å²) in [5.74, 6) is -0.0937. The molecule has 0 aromatic carbocycles. The number of amides is 1. The summed E-state index contributed by atoms with van der Waals surface area (Å²) in [6, 6.07) is 3.97. The molecule has 0 saturated carbocycles. The first-order valence-corrected chi connectivity index (χ1v) is 8.06. The van der Waals surface area contributed by atoms with Crippen molar-refractivity contribution in [2.45, 2.75) is 32.9 Å². The van der Waals surface area contributed by atoms with Crippen LogP contribution in [0.25, 0.3) is 5.65 Å². The zero-order chi connectivity index (χ0) is 16.6. The fourth-order valence-corrected chi connectivity index (χ4v) is 3.26. The number of aryl methyl sites for hydroxylation is 2. The van der Waals surface area contributed by atoms with E-state index in [0.29, 0.717) is 12.3 Å². The van der Waals surface area contributed by atoms with Crippen molar-refractivity contribution in [2.75, 3.05) is 26.7 Å². The number of hydrogen-bond donors (Lipinski definition) is 1. The number of aromatic nitrogens is 2. The predicted octanol–water partition coefficient (Wildman–Crippen LogP) is 1.40. The van der Waals surface area contributed by atoms with Crippen LogP contribution in [-0.4, -0.2) is 59.1 Å². The lowest BCUT2D eigenvalue weighted by molar-refractivity contribution is 0.0511. The van der Waals surface area contributed by atoms with Crippen molar-refractivity contribution in [3.05, 3.63) is 35.3 Å². The molecule has 0 bridgehead atoms. The molecule has 1 fully saturated rings. The van der Waals surface area contributed by atoms with Crippen LogP contribution in [0.3, 0.4) is 0 Å².